The van der Waals surface area contributed by atoms with Crippen LogP contribution in [0.2, 0.25) is 0 Å². The number of methoxy groups -OCH3 is 2. The van der Waals surface area contributed by atoms with E-state index in [1.165, 1.54) is 20.3 Å². The second-order valence-electron chi connectivity index (χ2n) is 5.68. The SMILES string of the molecule is COc1ccc(OC)c(C(=O)NC(C(=O)O)C(C)(C)C)c1. The lowest BCUT2D eigenvalue weighted by Crippen LogP contribution is -2.49. The molecular formula is C15H21NO5. The van der Waals surface area contributed by atoms with E-state index in [0.717, 1.165) is 0 Å². The van der Waals surface area contributed by atoms with Crippen LogP contribution in [-0.2, 0) is 4.79 Å². The number of ether oxygens (including phenoxy) is 2. The van der Waals surface area contributed by atoms with Gasteiger partial charge in [0.2, 0.25) is 0 Å². The maximum atomic E-state index is 12.3. The molecule has 0 aliphatic rings. The van der Waals surface area contributed by atoms with Crippen molar-refractivity contribution in [2.45, 2.75) is 26.8 Å². The van der Waals surface area contributed by atoms with Crippen molar-refractivity contribution >= 4 is 11.9 Å². The molecule has 0 spiro atoms. The average molecular weight is 295 g/mol. The number of amides is 1. The maximum absolute atomic E-state index is 12.3. The summed E-state index contributed by atoms with van der Waals surface area (Å²) in [5, 5.41) is 11.8. The maximum Gasteiger partial charge on any atom is 0.326 e. The normalized spacial score (nSPS) is 12.4. The molecule has 0 bridgehead atoms. The van der Waals surface area contributed by atoms with Crippen LogP contribution in [0.15, 0.2) is 18.2 Å². The van der Waals surface area contributed by atoms with Crippen LogP contribution >= 0.6 is 0 Å². The van der Waals surface area contributed by atoms with Gasteiger partial charge in [0.05, 0.1) is 19.8 Å². The minimum atomic E-state index is -1.09. The molecule has 0 fully saturated rings. The van der Waals surface area contributed by atoms with E-state index < -0.39 is 23.3 Å². The quantitative estimate of drug-likeness (QED) is 0.867. The predicted molar refractivity (Wildman–Crippen MR) is 77.9 cm³/mol. The predicted octanol–water partition coefficient (Wildman–Crippen LogP) is 1.93. The summed E-state index contributed by atoms with van der Waals surface area (Å²) in [5.41, 5.74) is -0.388. The third-order valence-corrected chi connectivity index (χ3v) is 3.04. The molecule has 1 atom stereocenters. The summed E-state index contributed by atoms with van der Waals surface area (Å²) in [4.78, 5) is 23.7. The van der Waals surface area contributed by atoms with Crippen molar-refractivity contribution in [1.29, 1.82) is 0 Å². The summed E-state index contributed by atoms with van der Waals surface area (Å²) >= 11 is 0. The average Bonchev–Trinajstić information content (AvgIpc) is 2.42. The molecule has 1 aromatic carbocycles. The largest absolute Gasteiger partial charge is 0.497 e. The van der Waals surface area contributed by atoms with Crippen LogP contribution in [0.5, 0.6) is 11.5 Å². The fourth-order valence-corrected chi connectivity index (χ4v) is 1.85. The fraction of sp³-hybridized carbons (Fsp3) is 0.467. The smallest absolute Gasteiger partial charge is 0.326 e. The lowest BCUT2D eigenvalue weighted by atomic mass is 9.86. The van der Waals surface area contributed by atoms with Gasteiger partial charge in [-0.3, -0.25) is 4.79 Å². The van der Waals surface area contributed by atoms with Crippen molar-refractivity contribution in [2.24, 2.45) is 5.41 Å². The van der Waals surface area contributed by atoms with Gasteiger partial charge in [-0.05, 0) is 23.6 Å². The van der Waals surface area contributed by atoms with Crippen LogP contribution in [0.1, 0.15) is 31.1 Å². The Morgan fingerprint density at radius 3 is 2.24 bits per heavy atom. The summed E-state index contributed by atoms with van der Waals surface area (Å²) < 4.78 is 10.2. The molecule has 0 aliphatic carbocycles. The molecule has 1 unspecified atom stereocenters. The molecule has 0 aliphatic heterocycles. The van der Waals surface area contributed by atoms with Crippen LogP contribution in [0.3, 0.4) is 0 Å². The molecule has 2 N–H and O–H groups in total. The van der Waals surface area contributed by atoms with Crippen molar-refractivity contribution in [3.8, 4) is 11.5 Å². The van der Waals surface area contributed by atoms with Gasteiger partial charge in [-0.1, -0.05) is 20.8 Å². The summed E-state index contributed by atoms with van der Waals surface area (Å²) in [6.07, 6.45) is 0. The van der Waals surface area contributed by atoms with Gasteiger partial charge in [-0.2, -0.15) is 0 Å². The van der Waals surface area contributed by atoms with Gasteiger partial charge < -0.3 is 19.9 Å². The van der Waals surface area contributed by atoms with Crippen molar-refractivity contribution in [3.63, 3.8) is 0 Å². The molecule has 0 heterocycles. The highest BCUT2D eigenvalue weighted by atomic mass is 16.5. The minimum absolute atomic E-state index is 0.229. The van der Waals surface area contributed by atoms with Crippen LogP contribution in [0.4, 0.5) is 0 Å². The van der Waals surface area contributed by atoms with E-state index in [1.807, 2.05) is 0 Å². The zero-order chi connectivity index (χ0) is 16.2. The van der Waals surface area contributed by atoms with E-state index in [1.54, 1.807) is 32.9 Å². The van der Waals surface area contributed by atoms with Crippen LogP contribution in [0, 0.1) is 5.41 Å². The number of carboxylic acid groups (broad SMARTS) is 1. The van der Waals surface area contributed by atoms with Crippen molar-refractivity contribution in [3.05, 3.63) is 23.8 Å². The first-order valence-electron chi connectivity index (χ1n) is 6.46. The first-order chi connectivity index (χ1) is 9.70. The Hall–Kier alpha value is -2.24. The van der Waals surface area contributed by atoms with E-state index >= 15 is 0 Å². The third kappa shape index (κ3) is 4.11. The molecule has 0 saturated carbocycles. The molecule has 116 valence electrons. The first kappa shape index (κ1) is 16.8. The van der Waals surface area contributed by atoms with Crippen molar-refractivity contribution in [1.82, 2.24) is 5.32 Å². The molecule has 0 aromatic heterocycles. The topological polar surface area (TPSA) is 84.9 Å². The highest BCUT2D eigenvalue weighted by molar-refractivity contribution is 5.99. The van der Waals surface area contributed by atoms with Crippen molar-refractivity contribution in [2.75, 3.05) is 14.2 Å². The van der Waals surface area contributed by atoms with Gasteiger partial charge in [0.15, 0.2) is 0 Å². The molecule has 1 rings (SSSR count). The lowest BCUT2D eigenvalue weighted by molar-refractivity contribution is -0.142. The second-order valence-corrected chi connectivity index (χ2v) is 5.68. The molecule has 1 aromatic rings. The monoisotopic (exact) mass is 295 g/mol. The van der Waals surface area contributed by atoms with Gasteiger partial charge in [0.25, 0.3) is 5.91 Å². The first-order valence-corrected chi connectivity index (χ1v) is 6.46. The number of carboxylic acids is 1. The standard InChI is InChI=1S/C15H21NO5/c1-15(2,3)12(14(18)19)16-13(17)10-8-9(20-4)6-7-11(10)21-5/h6-8,12H,1-5H3,(H,16,17)(H,18,19). The van der Waals surface area contributed by atoms with Gasteiger partial charge in [-0.15, -0.1) is 0 Å². The van der Waals surface area contributed by atoms with Crippen LogP contribution < -0.4 is 14.8 Å². The molecule has 21 heavy (non-hydrogen) atoms. The zero-order valence-electron chi connectivity index (χ0n) is 12.9. The number of carbonyl (C=O) groups is 2. The Kier molecular flexibility index (Phi) is 5.18. The number of hydrogen-bond donors (Lipinski definition) is 2. The number of carbonyl (C=O) groups excluding carboxylic acids is 1. The minimum Gasteiger partial charge on any atom is -0.497 e. The van der Waals surface area contributed by atoms with E-state index in [0.29, 0.717) is 11.5 Å². The summed E-state index contributed by atoms with van der Waals surface area (Å²) in [6, 6.07) is 3.76. The zero-order valence-corrected chi connectivity index (χ0v) is 12.9. The van der Waals surface area contributed by atoms with Crippen molar-refractivity contribution < 1.29 is 24.2 Å². The number of benzene rings is 1. The summed E-state index contributed by atoms with van der Waals surface area (Å²) in [6.45, 7) is 5.23. The molecule has 0 radical (unpaired) electrons. The Morgan fingerprint density at radius 2 is 1.81 bits per heavy atom. The number of aliphatic carboxylic acids is 1. The Morgan fingerprint density at radius 1 is 1.19 bits per heavy atom. The Bertz CT molecular complexity index is 533. The number of hydrogen-bond acceptors (Lipinski definition) is 4. The van der Waals surface area contributed by atoms with E-state index in [-0.39, 0.29) is 5.56 Å². The summed E-state index contributed by atoms with van der Waals surface area (Å²) in [5.74, 6) is -0.763. The molecule has 6 heteroatoms. The number of rotatable bonds is 5. The van der Waals surface area contributed by atoms with E-state index in [2.05, 4.69) is 5.32 Å². The van der Waals surface area contributed by atoms with Crippen LogP contribution in [0.25, 0.3) is 0 Å². The second kappa shape index (κ2) is 6.47. The molecule has 6 nitrogen and oxygen atoms in total. The van der Waals surface area contributed by atoms with E-state index in [9.17, 15) is 14.7 Å². The highest BCUT2D eigenvalue weighted by Gasteiger charge is 2.33. The van der Waals surface area contributed by atoms with Gasteiger partial charge in [-0.25, -0.2) is 4.79 Å². The van der Waals surface area contributed by atoms with Gasteiger partial charge in [0.1, 0.15) is 17.5 Å². The highest BCUT2D eigenvalue weighted by Crippen LogP contribution is 2.25. The molecule has 0 saturated heterocycles. The third-order valence-electron chi connectivity index (χ3n) is 3.04. The molecular weight excluding hydrogens is 274 g/mol. The Labute approximate surface area is 124 Å². The number of nitrogens with one attached hydrogen (secondary N) is 1. The lowest BCUT2D eigenvalue weighted by Gasteiger charge is -2.28. The van der Waals surface area contributed by atoms with Crippen LogP contribution in [-0.4, -0.2) is 37.2 Å². The van der Waals surface area contributed by atoms with E-state index in [4.69, 9.17) is 9.47 Å². The fourth-order valence-electron chi connectivity index (χ4n) is 1.85. The van der Waals surface area contributed by atoms with Gasteiger partial charge in [0, 0.05) is 0 Å². The summed E-state index contributed by atoms with van der Waals surface area (Å²) in [7, 11) is 2.93. The van der Waals surface area contributed by atoms with Gasteiger partial charge >= 0.3 is 5.97 Å². The Balaban J connectivity index is 3.10. The molecule has 1 amide bonds.